The fraction of sp³-hybridized carbons (Fsp3) is 0.733. The lowest BCUT2D eigenvalue weighted by molar-refractivity contribution is 0.202. The molecule has 1 aromatic heterocycles. The summed E-state index contributed by atoms with van der Waals surface area (Å²) in [6.45, 7) is 6.94. The molecule has 0 aromatic carbocycles. The fourth-order valence-corrected chi connectivity index (χ4v) is 2.67. The third-order valence-corrected chi connectivity index (χ3v) is 4.18. The molecule has 1 aliphatic heterocycles. The largest absolute Gasteiger partial charge is 0.396 e. The number of aliphatic hydroxyl groups is 1. The zero-order valence-electron chi connectivity index (χ0n) is 12.9. The number of aryl methyl sites for hydroxylation is 1. The van der Waals surface area contributed by atoms with Crippen LogP contribution in [0.4, 0.5) is 11.6 Å². The van der Waals surface area contributed by atoms with Gasteiger partial charge in [-0.1, -0.05) is 13.8 Å². The van der Waals surface area contributed by atoms with E-state index in [1.54, 1.807) is 4.68 Å². The van der Waals surface area contributed by atoms with E-state index in [2.05, 4.69) is 29.9 Å². The standard InChI is InChI=1S/C15H25N5O/c1-11(2)3-8-20-14(17)13(9-16)15(18-20)19-6-4-12(10-21)5-7-19/h11-12,21H,3-8,10,17H2,1-2H3. The van der Waals surface area contributed by atoms with Gasteiger partial charge in [-0.3, -0.25) is 0 Å². The minimum Gasteiger partial charge on any atom is -0.396 e. The molecule has 2 heterocycles. The number of hydrogen-bond acceptors (Lipinski definition) is 5. The summed E-state index contributed by atoms with van der Waals surface area (Å²) < 4.78 is 1.76. The first kappa shape index (κ1) is 15.6. The first-order valence-electron chi connectivity index (χ1n) is 7.69. The number of aromatic nitrogens is 2. The lowest BCUT2D eigenvalue weighted by Crippen LogP contribution is -2.35. The van der Waals surface area contributed by atoms with E-state index in [0.29, 0.717) is 29.0 Å². The van der Waals surface area contributed by atoms with E-state index in [1.165, 1.54) is 0 Å². The molecule has 21 heavy (non-hydrogen) atoms. The highest BCUT2D eigenvalue weighted by atomic mass is 16.3. The van der Waals surface area contributed by atoms with E-state index >= 15 is 0 Å². The Labute approximate surface area is 126 Å². The Morgan fingerprint density at radius 3 is 2.62 bits per heavy atom. The van der Waals surface area contributed by atoms with Crippen LogP contribution in [0.3, 0.4) is 0 Å². The van der Waals surface area contributed by atoms with Crippen LogP contribution >= 0.6 is 0 Å². The third-order valence-electron chi connectivity index (χ3n) is 4.18. The van der Waals surface area contributed by atoms with Crippen molar-refractivity contribution in [1.29, 1.82) is 5.26 Å². The van der Waals surface area contributed by atoms with Crippen molar-refractivity contribution in [3.05, 3.63) is 5.56 Å². The second-order valence-corrected chi connectivity index (χ2v) is 6.21. The third kappa shape index (κ3) is 3.48. The normalized spacial score (nSPS) is 16.4. The van der Waals surface area contributed by atoms with E-state index in [1.807, 2.05) is 0 Å². The number of nitrogens with two attached hydrogens (primary N) is 1. The highest BCUT2D eigenvalue weighted by molar-refractivity contribution is 5.65. The van der Waals surface area contributed by atoms with Gasteiger partial charge in [-0.05, 0) is 31.1 Å². The van der Waals surface area contributed by atoms with Gasteiger partial charge in [0.05, 0.1) is 0 Å². The van der Waals surface area contributed by atoms with E-state index in [9.17, 15) is 10.4 Å². The molecule has 0 atom stereocenters. The van der Waals surface area contributed by atoms with Crippen molar-refractivity contribution in [2.75, 3.05) is 30.3 Å². The number of nitriles is 1. The van der Waals surface area contributed by atoms with Gasteiger partial charge in [0.15, 0.2) is 5.82 Å². The second kappa shape index (κ2) is 6.81. The first-order valence-corrected chi connectivity index (χ1v) is 7.69. The highest BCUT2D eigenvalue weighted by Crippen LogP contribution is 2.28. The predicted molar refractivity (Wildman–Crippen MR) is 82.8 cm³/mol. The minimum absolute atomic E-state index is 0.240. The van der Waals surface area contributed by atoms with Gasteiger partial charge in [0.25, 0.3) is 0 Å². The molecule has 1 aromatic rings. The topological polar surface area (TPSA) is 91.1 Å². The van der Waals surface area contributed by atoms with Gasteiger partial charge in [0.1, 0.15) is 17.5 Å². The summed E-state index contributed by atoms with van der Waals surface area (Å²) in [6, 6.07) is 2.20. The molecule has 0 radical (unpaired) electrons. The van der Waals surface area contributed by atoms with Crippen molar-refractivity contribution in [1.82, 2.24) is 9.78 Å². The van der Waals surface area contributed by atoms with Crippen molar-refractivity contribution in [3.8, 4) is 6.07 Å². The van der Waals surface area contributed by atoms with Gasteiger partial charge < -0.3 is 15.7 Å². The van der Waals surface area contributed by atoms with Crippen molar-refractivity contribution in [2.24, 2.45) is 11.8 Å². The molecule has 0 saturated carbocycles. The summed E-state index contributed by atoms with van der Waals surface area (Å²) in [5.74, 6) is 2.11. The molecule has 0 spiro atoms. The van der Waals surface area contributed by atoms with Crippen LogP contribution in [0.1, 0.15) is 38.7 Å². The molecule has 2 rings (SSSR count). The average molecular weight is 291 g/mol. The number of rotatable bonds is 5. The Bertz CT molecular complexity index is 509. The maximum Gasteiger partial charge on any atom is 0.170 e. The van der Waals surface area contributed by atoms with Crippen LogP contribution in [0.25, 0.3) is 0 Å². The Morgan fingerprint density at radius 1 is 1.43 bits per heavy atom. The number of nitrogens with zero attached hydrogens (tertiary/aromatic N) is 4. The predicted octanol–water partition coefficient (Wildman–Crippen LogP) is 1.59. The van der Waals surface area contributed by atoms with Gasteiger partial charge in [0.2, 0.25) is 0 Å². The van der Waals surface area contributed by atoms with Crippen molar-refractivity contribution >= 4 is 11.6 Å². The molecular formula is C15H25N5O. The van der Waals surface area contributed by atoms with Crippen LogP contribution in [-0.4, -0.2) is 34.6 Å². The lowest BCUT2D eigenvalue weighted by atomic mass is 9.98. The Morgan fingerprint density at radius 2 is 2.10 bits per heavy atom. The fourth-order valence-electron chi connectivity index (χ4n) is 2.67. The number of piperidine rings is 1. The quantitative estimate of drug-likeness (QED) is 0.859. The molecule has 116 valence electrons. The van der Waals surface area contributed by atoms with Crippen LogP contribution in [0, 0.1) is 23.2 Å². The van der Waals surface area contributed by atoms with Gasteiger partial charge in [0, 0.05) is 26.2 Å². The zero-order chi connectivity index (χ0) is 15.4. The summed E-state index contributed by atoms with van der Waals surface area (Å²) in [5, 5.41) is 23.1. The number of aliphatic hydroxyl groups excluding tert-OH is 1. The van der Waals surface area contributed by atoms with Gasteiger partial charge in [-0.25, -0.2) is 4.68 Å². The lowest BCUT2D eigenvalue weighted by Gasteiger charge is -2.31. The molecule has 3 N–H and O–H groups in total. The van der Waals surface area contributed by atoms with Gasteiger partial charge in [-0.2, -0.15) is 10.4 Å². The monoisotopic (exact) mass is 291 g/mol. The summed E-state index contributed by atoms with van der Waals surface area (Å²) >= 11 is 0. The van der Waals surface area contributed by atoms with Crippen LogP contribution in [0.2, 0.25) is 0 Å². The number of nitrogen functional groups attached to an aromatic ring is 1. The Hall–Kier alpha value is -1.74. The number of anilines is 2. The zero-order valence-corrected chi connectivity index (χ0v) is 12.9. The Kier molecular flexibility index (Phi) is 5.07. The molecule has 1 aliphatic rings. The maximum absolute atomic E-state index is 9.37. The van der Waals surface area contributed by atoms with Crippen LogP contribution in [0.15, 0.2) is 0 Å². The molecule has 6 nitrogen and oxygen atoms in total. The van der Waals surface area contributed by atoms with Gasteiger partial charge >= 0.3 is 0 Å². The first-order chi connectivity index (χ1) is 10.1. The molecule has 0 aliphatic carbocycles. The van der Waals surface area contributed by atoms with E-state index in [4.69, 9.17) is 5.73 Å². The van der Waals surface area contributed by atoms with Crippen LogP contribution in [-0.2, 0) is 6.54 Å². The van der Waals surface area contributed by atoms with Crippen LogP contribution in [0.5, 0.6) is 0 Å². The summed E-state index contributed by atoms with van der Waals surface area (Å²) in [6.07, 6.45) is 2.85. The summed E-state index contributed by atoms with van der Waals surface area (Å²) in [7, 11) is 0. The smallest absolute Gasteiger partial charge is 0.170 e. The average Bonchev–Trinajstić information content (AvgIpc) is 2.81. The summed E-state index contributed by atoms with van der Waals surface area (Å²) in [5.41, 5.74) is 6.56. The van der Waals surface area contributed by atoms with Crippen molar-refractivity contribution < 1.29 is 5.11 Å². The van der Waals surface area contributed by atoms with Crippen molar-refractivity contribution in [3.63, 3.8) is 0 Å². The molecular weight excluding hydrogens is 266 g/mol. The SMILES string of the molecule is CC(C)CCn1nc(N2CCC(CO)CC2)c(C#N)c1N. The van der Waals surface area contributed by atoms with Gasteiger partial charge in [-0.15, -0.1) is 0 Å². The van der Waals surface area contributed by atoms with E-state index < -0.39 is 0 Å². The van der Waals surface area contributed by atoms with E-state index in [0.717, 1.165) is 38.9 Å². The minimum atomic E-state index is 0.240. The van der Waals surface area contributed by atoms with Crippen LogP contribution < -0.4 is 10.6 Å². The summed E-state index contributed by atoms with van der Waals surface area (Å²) in [4.78, 5) is 2.12. The molecule has 0 bridgehead atoms. The molecule has 1 fully saturated rings. The second-order valence-electron chi connectivity index (χ2n) is 6.21. The molecule has 0 amide bonds. The van der Waals surface area contributed by atoms with Crippen molar-refractivity contribution in [2.45, 2.75) is 39.7 Å². The number of hydrogen-bond donors (Lipinski definition) is 2. The molecule has 6 heteroatoms. The Balaban J connectivity index is 2.16. The molecule has 1 saturated heterocycles. The molecule has 0 unspecified atom stereocenters. The highest BCUT2D eigenvalue weighted by Gasteiger charge is 2.25. The maximum atomic E-state index is 9.37. The van der Waals surface area contributed by atoms with E-state index in [-0.39, 0.29) is 6.61 Å².